The highest BCUT2D eigenvalue weighted by Crippen LogP contribution is 2.59. The second-order valence-electron chi connectivity index (χ2n) is 14.3. The molecule has 2 saturated carbocycles. The summed E-state index contributed by atoms with van der Waals surface area (Å²) < 4.78 is 18.2. The lowest BCUT2D eigenvalue weighted by Gasteiger charge is -2.48. The minimum atomic E-state index is -1.38. The van der Waals surface area contributed by atoms with E-state index in [4.69, 9.17) is 14.2 Å². The van der Waals surface area contributed by atoms with E-state index in [9.17, 15) is 14.4 Å². The first kappa shape index (κ1) is 26.2. The van der Waals surface area contributed by atoms with Crippen LogP contribution in [0.4, 0.5) is 0 Å². The van der Waals surface area contributed by atoms with Crippen LogP contribution in [-0.4, -0.2) is 34.7 Å². The summed E-state index contributed by atoms with van der Waals surface area (Å²) in [6.07, 6.45) is 6.90. The van der Waals surface area contributed by atoms with Crippen LogP contribution in [0.2, 0.25) is 0 Å². The minimum absolute atomic E-state index is 0.0710. The van der Waals surface area contributed by atoms with E-state index in [-0.39, 0.29) is 34.6 Å². The molecule has 1 heterocycles. The molecule has 0 spiro atoms. The van der Waals surface area contributed by atoms with E-state index >= 15 is 0 Å². The van der Waals surface area contributed by atoms with Crippen molar-refractivity contribution in [3.63, 3.8) is 0 Å². The fraction of sp³-hybridized carbons (Fsp3) is 0.828. The number of hydrogen-bond acceptors (Lipinski definition) is 6. The second-order valence-corrected chi connectivity index (χ2v) is 14.3. The molecule has 3 fully saturated rings. The average Bonchev–Trinajstić information content (AvgIpc) is 3.58. The number of carbonyl (C=O) groups excluding carboxylic acids is 3. The van der Waals surface area contributed by atoms with Crippen LogP contribution in [0.15, 0.2) is 11.6 Å². The first-order valence-electron chi connectivity index (χ1n) is 13.3. The van der Waals surface area contributed by atoms with Gasteiger partial charge in [-0.25, -0.2) is 4.79 Å². The van der Waals surface area contributed by atoms with Crippen LogP contribution in [0.5, 0.6) is 0 Å². The normalized spacial score (nSPS) is 33.7. The highest BCUT2D eigenvalue weighted by Gasteiger charge is 2.64. The molecule has 1 saturated heterocycles. The monoisotopic (exact) mass is 488 g/mol. The molecule has 0 N–H and O–H groups in total. The van der Waals surface area contributed by atoms with Crippen LogP contribution in [0.25, 0.3) is 0 Å². The second kappa shape index (κ2) is 7.82. The molecule has 0 aromatic rings. The summed E-state index contributed by atoms with van der Waals surface area (Å²) in [6.45, 7) is 18.1. The predicted octanol–water partition coefficient (Wildman–Crippen LogP) is 5.91. The van der Waals surface area contributed by atoms with Crippen molar-refractivity contribution in [2.45, 2.75) is 124 Å². The molecule has 0 aromatic carbocycles. The van der Waals surface area contributed by atoms with E-state index < -0.39 is 28.2 Å². The Morgan fingerprint density at radius 3 is 2.11 bits per heavy atom. The van der Waals surface area contributed by atoms with Crippen LogP contribution in [-0.2, 0) is 28.6 Å². The van der Waals surface area contributed by atoms with E-state index in [0.717, 1.165) is 24.8 Å². The summed E-state index contributed by atoms with van der Waals surface area (Å²) in [6, 6.07) is 0. The lowest BCUT2D eigenvalue weighted by Crippen LogP contribution is -2.58. The van der Waals surface area contributed by atoms with E-state index in [1.54, 1.807) is 6.92 Å². The van der Waals surface area contributed by atoms with Gasteiger partial charge in [-0.2, -0.15) is 0 Å². The zero-order chi connectivity index (χ0) is 26.2. The summed E-state index contributed by atoms with van der Waals surface area (Å²) in [5.74, 6) is -1.27. The number of hydrogen-bond donors (Lipinski definition) is 0. The van der Waals surface area contributed by atoms with Crippen molar-refractivity contribution >= 4 is 17.9 Å². The molecule has 5 atom stereocenters. The summed E-state index contributed by atoms with van der Waals surface area (Å²) in [7, 11) is 0. The van der Waals surface area contributed by atoms with Gasteiger partial charge in [-0.3, -0.25) is 9.59 Å². The molecule has 4 rings (SSSR count). The molecular formula is C29H44O6. The van der Waals surface area contributed by atoms with Crippen molar-refractivity contribution in [3.8, 4) is 0 Å². The first-order valence-corrected chi connectivity index (χ1v) is 13.3. The topological polar surface area (TPSA) is 78.9 Å². The van der Waals surface area contributed by atoms with Crippen LogP contribution < -0.4 is 0 Å². The van der Waals surface area contributed by atoms with Crippen molar-refractivity contribution < 1.29 is 28.6 Å². The number of fused-ring (bicyclic) bond motifs is 2. The Kier molecular flexibility index (Phi) is 5.86. The molecule has 0 amide bonds. The minimum Gasteiger partial charge on any atom is -0.455 e. The Morgan fingerprint density at radius 2 is 1.63 bits per heavy atom. The first-order chi connectivity index (χ1) is 15.9. The molecule has 6 heteroatoms. The van der Waals surface area contributed by atoms with Gasteiger partial charge in [-0.05, 0) is 70.1 Å². The van der Waals surface area contributed by atoms with Gasteiger partial charge in [0.05, 0.1) is 11.3 Å². The van der Waals surface area contributed by atoms with E-state index in [0.29, 0.717) is 25.7 Å². The van der Waals surface area contributed by atoms with Gasteiger partial charge in [0, 0.05) is 12.3 Å². The van der Waals surface area contributed by atoms with Gasteiger partial charge in [0.25, 0.3) is 0 Å². The summed E-state index contributed by atoms with van der Waals surface area (Å²) in [5, 5.41) is 0. The number of ether oxygens (including phenoxy) is 3. The average molecular weight is 489 g/mol. The lowest BCUT2D eigenvalue weighted by molar-refractivity contribution is -0.220. The molecule has 6 nitrogen and oxygen atoms in total. The zero-order valence-electron chi connectivity index (χ0n) is 23.1. The summed E-state index contributed by atoms with van der Waals surface area (Å²) in [4.78, 5) is 40.3. The maximum Gasteiger partial charge on any atom is 0.351 e. The Labute approximate surface area is 210 Å². The SMILES string of the molecule is CC(C)(C)CC(C(=O)OC(C)(C(=O)OC1(C)CCC2CC1(C)OC2=O)C1CC1)(C1=CC1)C(C)(C)C. The highest BCUT2D eigenvalue weighted by molar-refractivity contribution is 5.89. The molecule has 2 bridgehead atoms. The van der Waals surface area contributed by atoms with Gasteiger partial charge < -0.3 is 14.2 Å². The van der Waals surface area contributed by atoms with Gasteiger partial charge >= 0.3 is 17.9 Å². The number of allylic oxidation sites excluding steroid dienone is 1. The maximum atomic E-state index is 14.2. The Morgan fingerprint density at radius 1 is 1.03 bits per heavy atom. The van der Waals surface area contributed by atoms with E-state index in [1.807, 2.05) is 13.8 Å². The molecule has 1 aliphatic heterocycles. The molecule has 0 aromatic heterocycles. The molecule has 196 valence electrons. The number of carbonyl (C=O) groups is 3. The third-order valence-corrected chi connectivity index (χ3v) is 9.15. The Bertz CT molecular complexity index is 963. The predicted molar refractivity (Wildman–Crippen MR) is 132 cm³/mol. The van der Waals surface area contributed by atoms with Gasteiger partial charge in [0.15, 0.2) is 0 Å². The molecule has 0 radical (unpaired) electrons. The van der Waals surface area contributed by atoms with Gasteiger partial charge in [0.1, 0.15) is 11.2 Å². The quantitative estimate of drug-likeness (QED) is 0.252. The van der Waals surface area contributed by atoms with Crippen molar-refractivity contribution in [1.29, 1.82) is 0 Å². The lowest BCUT2D eigenvalue weighted by atomic mass is 9.58. The summed E-state index contributed by atoms with van der Waals surface area (Å²) >= 11 is 0. The third-order valence-electron chi connectivity index (χ3n) is 9.15. The molecule has 3 aliphatic carbocycles. The van der Waals surface area contributed by atoms with Crippen LogP contribution in [0.1, 0.15) is 107 Å². The fourth-order valence-corrected chi connectivity index (χ4v) is 6.39. The summed E-state index contributed by atoms with van der Waals surface area (Å²) in [5.41, 5.74) is -3.40. The largest absolute Gasteiger partial charge is 0.455 e. The Hall–Kier alpha value is -1.85. The van der Waals surface area contributed by atoms with Crippen molar-refractivity contribution in [2.24, 2.45) is 28.1 Å². The van der Waals surface area contributed by atoms with Crippen LogP contribution in [0.3, 0.4) is 0 Å². The van der Waals surface area contributed by atoms with E-state index in [2.05, 4.69) is 47.6 Å². The zero-order valence-corrected chi connectivity index (χ0v) is 23.1. The molecule has 4 aliphatic rings. The van der Waals surface area contributed by atoms with Crippen LogP contribution >= 0.6 is 0 Å². The van der Waals surface area contributed by atoms with Crippen molar-refractivity contribution in [1.82, 2.24) is 0 Å². The maximum absolute atomic E-state index is 14.2. The van der Waals surface area contributed by atoms with E-state index in [1.165, 1.54) is 0 Å². The van der Waals surface area contributed by atoms with Gasteiger partial charge in [-0.1, -0.05) is 53.2 Å². The van der Waals surface area contributed by atoms with Gasteiger partial charge in [0.2, 0.25) is 5.60 Å². The number of rotatable bonds is 7. The molecule has 5 unspecified atom stereocenters. The molecular weight excluding hydrogens is 444 g/mol. The smallest absolute Gasteiger partial charge is 0.351 e. The standard InChI is InChI=1S/C29H44O6/c1-24(2,3)17-29(20-12-13-20,25(4,5)6)23(32)35-28(9,19-10-11-19)22(31)34-26(7)15-14-18-16-27(26,8)33-21(18)30/h12,18-19H,10-11,13-17H2,1-9H3. The number of esters is 3. The molecule has 35 heavy (non-hydrogen) atoms. The van der Waals surface area contributed by atoms with Crippen LogP contribution in [0, 0.1) is 28.1 Å². The van der Waals surface area contributed by atoms with Crippen molar-refractivity contribution in [3.05, 3.63) is 11.6 Å². The fourth-order valence-electron chi connectivity index (χ4n) is 6.39. The third kappa shape index (κ3) is 4.33. The van der Waals surface area contributed by atoms with Crippen molar-refractivity contribution in [2.75, 3.05) is 0 Å². The van der Waals surface area contributed by atoms with Gasteiger partial charge in [-0.15, -0.1) is 0 Å². The Balaban J connectivity index is 1.63. The highest BCUT2D eigenvalue weighted by atomic mass is 16.6.